The molecule has 0 heterocycles. The monoisotopic (exact) mass is 345 g/mol. The zero-order chi connectivity index (χ0) is 16.3. The van der Waals surface area contributed by atoms with Crippen LogP contribution in [0, 0.1) is 11.6 Å². The molecule has 2 rings (SSSR count). The lowest BCUT2D eigenvalue weighted by Gasteiger charge is -2.18. The third kappa shape index (κ3) is 3.82. The molecule has 0 radical (unpaired) electrons. The van der Waals surface area contributed by atoms with Crippen LogP contribution in [0.4, 0.5) is 8.78 Å². The van der Waals surface area contributed by atoms with Gasteiger partial charge < -0.3 is 0 Å². The lowest BCUT2D eigenvalue weighted by molar-refractivity contribution is 0.528. The average Bonchev–Trinajstić information content (AvgIpc) is 2.48. The van der Waals surface area contributed by atoms with Gasteiger partial charge in [-0.2, -0.15) is 0 Å². The Bertz CT molecular complexity index is 764. The number of hydrogen-bond donors (Lipinski definition) is 1. The summed E-state index contributed by atoms with van der Waals surface area (Å²) in [6, 6.07) is 8.38. The molecule has 7 heteroatoms. The molecule has 2 aromatic rings. The summed E-state index contributed by atoms with van der Waals surface area (Å²) in [4.78, 5) is -0.708. The van der Waals surface area contributed by atoms with Crippen molar-refractivity contribution in [3.05, 3.63) is 64.7 Å². The van der Waals surface area contributed by atoms with E-state index >= 15 is 0 Å². The Balaban J connectivity index is 2.33. The topological polar surface area (TPSA) is 46.2 Å². The fourth-order valence-electron chi connectivity index (χ4n) is 2.02. The second-order valence-electron chi connectivity index (χ2n) is 4.71. The van der Waals surface area contributed by atoms with Gasteiger partial charge in [0.1, 0.15) is 16.5 Å². The van der Waals surface area contributed by atoms with Crippen molar-refractivity contribution in [2.24, 2.45) is 0 Å². The first-order valence-corrected chi connectivity index (χ1v) is 8.42. The van der Waals surface area contributed by atoms with Crippen molar-refractivity contribution in [1.29, 1.82) is 0 Å². The predicted molar refractivity (Wildman–Crippen MR) is 81.2 cm³/mol. The van der Waals surface area contributed by atoms with E-state index in [1.54, 1.807) is 31.2 Å². The van der Waals surface area contributed by atoms with Crippen molar-refractivity contribution in [3.63, 3.8) is 0 Å². The minimum Gasteiger partial charge on any atom is -0.207 e. The van der Waals surface area contributed by atoms with E-state index in [1.807, 2.05) is 0 Å². The van der Waals surface area contributed by atoms with Crippen LogP contribution in [0.2, 0.25) is 5.02 Å². The zero-order valence-electron chi connectivity index (χ0n) is 11.7. The summed E-state index contributed by atoms with van der Waals surface area (Å²) in [6.45, 7) is 1.78. The predicted octanol–water partition coefficient (Wildman–Crippen LogP) is 4.05. The molecule has 0 aliphatic carbocycles. The molecule has 0 amide bonds. The van der Waals surface area contributed by atoms with Crippen LogP contribution in [0.15, 0.2) is 47.4 Å². The van der Waals surface area contributed by atoms with E-state index < -0.39 is 32.6 Å². The van der Waals surface area contributed by atoms with Gasteiger partial charge in [-0.1, -0.05) is 30.7 Å². The Morgan fingerprint density at radius 3 is 2.36 bits per heavy atom. The maximum absolute atomic E-state index is 13.7. The van der Waals surface area contributed by atoms with Gasteiger partial charge in [-0.15, -0.1) is 0 Å². The molecule has 22 heavy (non-hydrogen) atoms. The van der Waals surface area contributed by atoms with Crippen LogP contribution < -0.4 is 4.72 Å². The molecular weight excluding hydrogens is 332 g/mol. The van der Waals surface area contributed by atoms with Crippen LogP contribution in [0.5, 0.6) is 0 Å². The summed E-state index contributed by atoms with van der Waals surface area (Å²) in [6.07, 6.45) is 0.442. The maximum Gasteiger partial charge on any atom is 0.244 e. The van der Waals surface area contributed by atoms with E-state index in [9.17, 15) is 17.2 Å². The molecule has 0 spiro atoms. The van der Waals surface area contributed by atoms with Crippen LogP contribution in [0.3, 0.4) is 0 Å². The number of benzene rings is 2. The van der Waals surface area contributed by atoms with Crippen LogP contribution in [-0.2, 0) is 10.0 Å². The Hall–Kier alpha value is -1.50. The van der Waals surface area contributed by atoms with Gasteiger partial charge in [0.05, 0.1) is 0 Å². The van der Waals surface area contributed by atoms with E-state index in [0.717, 1.165) is 12.1 Å². The highest BCUT2D eigenvalue weighted by atomic mass is 35.5. The standard InChI is InChI=1S/C15H14ClF2NO2S/c1-2-14(10-3-5-11(16)6-4-10)19-22(20,21)15-9-12(17)7-8-13(15)18/h3-9,14,19H,2H2,1H3/t14-/m1/s1. The van der Waals surface area contributed by atoms with Crippen LogP contribution in [0.1, 0.15) is 24.9 Å². The molecule has 118 valence electrons. The van der Waals surface area contributed by atoms with Crippen molar-refractivity contribution in [3.8, 4) is 0 Å². The highest BCUT2D eigenvalue weighted by Crippen LogP contribution is 2.23. The van der Waals surface area contributed by atoms with E-state index in [0.29, 0.717) is 23.1 Å². The molecule has 2 aromatic carbocycles. The summed E-state index contributed by atoms with van der Waals surface area (Å²) in [7, 11) is -4.18. The van der Waals surface area contributed by atoms with Crippen molar-refractivity contribution < 1.29 is 17.2 Å². The zero-order valence-corrected chi connectivity index (χ0v) is 13.3. The van der Waals surface area contributed by atoms with Gasteiger partial charge in [-0.3, -0.25) is 0 Å². The number of rotatable bonds is 5. The number of halogens is 3. The summed E-state index contributed by atoms with van der Waals surface area (Å²) in [5, 5.41) is 0.526. The van der Waals surface area contributed by atoms with Gasteiger partial charge >= 0.3 is 0 Å². The molecule has 0 fully saturated rings. The van der Waals surface area contributed by atoms with Crippen molar-refractivity contribution >= 4 is 21.6 Å². The molecular formula is C15H14ClF2NO2S. The molecule has 1 atom stereocenters. The highest BCUT2D eigenvalue weighted by Gasteiger charge is 2.24. The highest BCUT2D eigenvalue weighted by molar-refractivity contribution is 7.89. The third-order valence-electron chi connectivity index (χ3n) is 3.16. The first-order valence-electron chi connectivity index (χ1n) is 6.56. The maximum atomic E-state index is 13.7. The molecule has 0 bridgehead atoms. The third-order valence-corrected chi connectivity index (χ3v) is 4.90. The molecule has 0 aromatic heterocycles. The summed E-state index contributed by atoms with van der Waals surface area (Å²) in [5.74, 6) is -1.82. The van der Waals surface area contributed by atoms with Gasteiger partial charge in [0, 0.05) is 11.1 Å². The number of nitrogens with one attached hydrogen (secondary N) is 1. The van der Waals surface area contributed by atoms with E-state index in [1.165, 1.54) is 0 Å². The Morgan fingerprint density at radius 2 is 1.77 bits per heavy atom. The van der Waals surface area contributed by atoms with Gasteiger partial charge in [0.15, 0.2) is 0 Å². The number of hydrogen-bond acceptors (Lipinski definition) is 2. The minimum absolute atomic E-state index is 0.442. The van der Waals surface area contributed by atoms with Crippen LogP contribution >= 0.6 is 11.6 Å². The molecule has 0 saturated heterocycles. The SMILES string of the molecule is CC[C@@H](NS(=O)(=O)c1cc(F)ccc1F)c1ccc(Cl)cc1. The molecule has 0 aliphatic heterocycles. The minimum atomic E-state index is -4.18. The van der Waals surface area contributed by atoms with E-state index in [-0.39, 0.29) is 0 Å². The van der Waals surface area contributed by atoms with Gasteiger partial charge in [-0.05, 0) is 42.3 Å². The number of sulfonamides is 1. The first kappa shape index (κ1) is 16.9. The van der Waals surface area contributed by atoms with Crippen molar-refractivity contribution in [2.45, 2.75) is 24.3 Å². The smallest absolute Gasteiger partial charge is 0.207 e. The fourth-order valence-corrected chi connectivity index (χ4v) is 3.54. The molecule has 0 aliphatic rings. The second-order valence-corrected chi connectivity index (χ2v) is 6.83. The Labute approximate surface area is 133 Å². The van der Waals surface area contributed by atoms with Gasteiger partial charge in [0.25, 0.3) is 0 Å². The second kappa shape index (κ2) is 6.73. The molecule has 0 saturated carbocycles. The van der Waals surface area contributed by atoms with Crippen molar-refractivity contribution in [1.82, 2.24) is 4.72 Å². The van der Waals surface area contributed by atoms with Crippen LogP contribution in [-0.4, -0.2) is 8.42 Å². The quantitative estimate of drug-likeness (QED) is 0.888. The normalized spacial score (nSPS) is 13.1. The summed E-state index contributed by atoms with van der Waals surface area (Å²) in [5.41, 5.74) is 0.687. The van der Waals surface area contributed by atoms with Crippen LogP contribution in [0.25, 0.3) is 0 Å². The Morgan fingerprint density at radius 1 is 1.14 bits per heavy atom. The Kier molecular flexibility index (Phi) is 5.16. The van der Waals surface area contributed by atoms with Gasteiger partial charge in [0.2, 0.25) is 10.0 Å². The lowest BCUT2D eigenvalue weighted by atomic mass is 10.1. The largest absolute Gasteiger partial charge is 0.244 e. The van der Waals surface area contributed by atoms with E-state index in [2.05, 4.69) is 4.72 Å². The molecule has 0 unspecified atom stereocenters. The van der Waals surface area contributed by atoms with E-state index in [4.69, 9.17) is 11.6 Å². The average molecular weight is 346 g/mol. The molecule has 3 nitrogen and oxygen atoms in total. The summed E-state index contributed by atoms with van der Waals surface area (Å²) >= 11 is 5.80. The molecule has 1 N–H and O–H groups in total. The van der Waals surface area contributed by atoms with Crippen molar-refractivity contribution in [2.75, 3.05) is 0 Å². The van der Waals surface area contributed by atoms with Gasteiger partial charge in [-0.25, -0.2) is 21.9 Å². The first-order chi connectivity index (χ1) is 10.3. The lowest BCUT2D eigenvalue weighted by Crippen LogP contribution is -2.29. The fraction of sp³-hybridized carbons (Fsp3) is 0.200. The summed E-state index contributed by atoms with van der Waals surface area (Å²) < 4.78 is 53.8.